The summed E-state index contributed by atoms with van der Waals surface area (Å²) >= 11 is 0. The second kappa shape index (κ2) is 3.93. The fourth-order valence-corrected chi connectivity index (χ4v) is 1.49. The first-order valence-electron chi connectivity index (χ1n) is 4.66. The monoisotopic (exact) mass is 197 g/mol. The molecule has 2 N–H and O–H groups in total. The Bertz CT molecular complexity index is 526. The number of anilines is 1. The summed E-state index contributed by atoms with van der Waals surface area (Å²) in [5.41, 5.74) is 6.61. The molecule has 2 rings (SSSR count). The van der Waals surface area contributed by atoms with Crippen molar-refractivity contribution in [2.45, 2.75) is 0 Å². The lowest BCUT2D eigenvalue weighted by atomic mass is 10.1. The van der Waals surface area contributed by atoms with Crippen LogP contribution < -0.4 is 10.5 Å². The van der Waals surface area contributed by atoms with Crippen LogP contribution >= 0.6 is 0 Å². The van der Waals surface area contributed by atoms with Crippen molar-refractivity contribution in [3.8, 4) is 18.1 Å². The van der Waals surface area contributed by atoms with Crippen molar-refractivity contribution in [2.75, 3.05) is 12.3 Å². The molecule has 2 aromatic carbocycles. The molecule has 0 aliphatic carbocycles. The predicted octanol–water partition coefficient (Wildman–Crippen LogP) is 2.43. The summed E-state index contributed by atoms with van der Waals surface area (Å²) in [5, 5.41) is 2.09. The van der Waals surface area contributed by atoms with Gasteiger partial charge in [-0.2, -0.15) is 0 Å². The number of terminal acetylenes is 1. The molecule has 2 aromatic rings. The third-order valence-corrected chi connectivity index (χ3v) is 2.21. The summed E-state index contributed by atoms with van der Waals surface area (Å²) in [6, 6.07) is 11.6. The van der Waals surface area contributed by atoms with E-state index in [0.29, 0.717) is 0 Å². The molecule has 2 nitrogen and oxygen atoms in total. The normalized spacial score (nSPS) is 9.80. The van der Waals surface area contributed by atoms with E-state index in [1.807, 2.05) is 36.4 Å². The fourth-order valence-electron chi connectivity index (χ4n) is 1.49. The molecule has 2 heteroatoms. The Labute approximate surface area is 88.7 Å². The van der Waals surface area contributed by atoms with Gasteiger partial charge in [0, 0.05) is 11.1 Å². The first-order chi connectivity index (χ1) is 7.31. The third kappa shape index (κ3) is 1.87. The zero-order valence-corrected chi connectivity index (χ0v) is 8.23. The zero-order chi connectivity index (χ0) is 10.7. The Balaban J connectivity index is 2.46. The van der Waals surface area contributed by atoms with Gasteiger partial charge in [-0.25, -0.2) is 0 Å². The average Bonchev–Trinajstić information content (AvgIpc) is 2.27. The number of fused-ring (bicyclic) bond motifs is 1. The first kappa shape index (κ1) is 9.42. The van der Waals surface area contributed by atoms with E-state index >= 15 is 0 Å². The molecule has 0 aliphatic heterocycles. The summed E-state index contributed by atoms with van der Waals surface area (Å²) in [7, 11) is 0. The van der Waals surface area contributed by atoms with Gasteiger partial charge in [-0.05, 0) is 23.6 Å². The molecule has 0 spiro atoms. The summed E-state index contributed by atoms with van der Waals surface area (Å²) in [6.07, 6.45) is 5.12. The van der Waals surface area contributed by atoms with E-state index in [-0.39, 0.29) is 6.61 Å². The van der Waals surface area contributed by atoms with E-state index in [4.69, 9.17) is 16.9 Å². The molecule has 0 saturated heterocycles. The summed E-state index contributed by atoms with van der Waals surface area (Å²) in [6.45, 7) is 0.276. The molecule has 74 valence electrons. The molecule has 0 atom stereocenters. The largest absolute Gasteiger partial charge is 0.481 e. The minimum atomic E-state index is 0.276. The Morgan fingerprint density at radius 2 is 2.13 bits per heavy atom. The van der Waals surface area contributed by atoms with Gasteiger partial charge in [0.05, 0.1) is 0 Å². The number of rotatable bonds is 2. The molecule has 0 unspecified atom stereocenters. The maximum absolute atomic E-state index is 5.86. The Kier molecular flexibility index (Phi) is 2.47. The topological polar surface area (TPSA) is 35.2 Å². The van der Waals surface area contributed by atoms with E-state index in [0.717, 1.165) is 22.2 Å². The second-order valence-corrected chi connectivity index (χ2v) is 3.22. The number of hydrogen-bond acceptors (Lipinski definition) is 2. The minimum absolute atomic E-state index is 0.276. The highest BCUT2D eigenvalue weighted by Gasteiger charge is 1.99. The first-order valence-corrected chi connectivity index (χ1v) is 4.66. The SMILES string of the molecule is C#CCOc1ccc2cccc(N)c2c1. The van der Waals surface area contributed by atoms with Crippen molar-refractivity contribution < 1.29 is 4.74 Å². The van der Waals surface area contributed by atoms with E-state index < -0.39 is 0 Å². The van der Waals surface area contributed by atoms with Crippen LogP contribution in [0.1, 0.15) is 0 Å². The number of benzene rings is 2. The highest BCUT2D eigenvalue weighted by molar-refractivity contribution is 5.93. The molecule has 0 aromatic heterocycles. The van der Waals surface area contributed by atoms with Gasteiger partial charge in [-0.15, -0.1) is 6.42 Å². The smallest absolute Gasteiger partial charge is 0.148 e. The molecule has 0 aliphatic rings. The molecule has 0 saturated carbocycles. The molecule has 0 heterocycles. The lowest BCUT2D eigenvalue weighted by Gasteiger charge is -2.05. The lowest BCUT2D eigenvalue weighted by molar-refractivity contribution is 0.371. The van der Waals surface area contributed by atoms with Crippen LogP contribution in [0.3, 0.4) is 0 Å². The van der Waals surface area contributed by atoms with Crippen LogP contribution in [0.2, 0.25) is 0 Å². The quantitative estimate of drug-likeness (QED) is 0.592. The van der Waals surface area contributed by atoms with Gasteiger partial charge in [0.15, 0.2) is 0 Å². The van der Waals surface area contributed by atoms with Gasteiger partial charge in [0.1, 0.15) is 12.4 Å². The van der Waals surface area contributed by atoms with Crippen molar-refractivity contribution in [2.24, 2.45) is 0 Å². The van der Waals surface area contributed by atoms with E-state index in [1.165, 1.54) is 0 Å². The van der Waals surface area contributed by atoms with Gasteiger partial charge in [-0.1, -0.05) is 24.1 Å². The maximum atomic E-state index is 5.86. The second-order valence-electron chi connectivity index (χ2n) is 3.22. The Morgan fingerprint density at radius 3 is 2.93 bits per heavy atom. The summed E-state index contributed by atoms with van der Waals surface area (Å²) in [5.74, 6) is 3.17. The predicted molar refractivity (Wildman–Crippen MR) is 62.7 cm³/mol. The van der Waals surface area contributed by atoms with Gasteiger partial charge in [-0.3, -0.25) is 0 Å². The van der Waals surface area contributed by atoms with Crippen molar-refractivity contribution in [3.63, 3.8) is 0 Å². The van der Waals surface area contributed by atoms with E-state index in [1.54, 1.807) is 0 Å². The Hall–Kier alpha value is -2.14. The van der Waals surface area contributed by atoms with Crippen LogP contribution in [0.5, 0.6) is 5.75 Å². The fraction of sp³-hybridized carbons (Fsp3) is 0.0769. The van der Waals surface area contributed by atoms with Crippen LogP contribution in [-0.2, 0) is 0 Å². The van der Waals surface area contributed by atoms with Gasteiger partial charge < -0.3 is 10.5 Å². The third-order valence-electron chi connectivity index (χ3n) is 2.21. The van der Waals surface area contributed by atoms with Crippen LogP contribution in [0.15, 0.2) is 36.4 Å². The Morgan fingerprint density at radius 1 is 1.27 bits per heavy atom. The summed E-state index contributed by atoms with van der Waals surface area (Å²) < 4.78 is 5.33. The average molecular weight is 197 g/mol. The molecule has 0 amide bonds. The molecule has 0 radical (unpaired) electrons. The number of nitrogen functional groups attached to an aromatic ring is 1. The lowest BCUT2D eigenvalue weighted by Crippen LogP contribution is -1.93. The molecular formula is C13H11NO. The molecule has 0 fully saturated rings. The zero-order valence-electron chi connectivity index (χ0n) is 8.23. The van der Waals surface area contributed by atoms with Crippen molar-refractivity contribution in [1.29, 1.82) is 0 Å². The van der Waals surface area contributed by atoms with Crippen LogP contribution in [0.4, 0.5) is 5.69 Å². The minimum Gasteiger partial charge on any atom is -0.481 e. The highest BCUT2D eigenvalue weighted by atomic mass is 16.5. The van der Waals surface area contributed by atoms with Crippen LogP contribution in [-0.4, -0.2) is 6.61 Å². The highest BCUT2D eigenvalue weighted by Crippen LogP contribution is 2.25. The van der Waals surface area contributed by atoms with Crippen molar-refractivity contribution in [1.82, 2.24) is 0 Å². The molecular weight excluding hydrogens is 186 g/mol. The molecule has 15 heavy (non-hydrogen) atoms. The number of nitrogens with two attached hydrogens (primary N) is 1. The van der Waals surface area contributed by atoms with Crippen molar-refractivity contribution in [3.05, 3.63) is 36.4 Å². The van der Waals surface area contributed by atoms with Gasteiger partial charge in [0.25, 0.3) is 0 Å². The maximum Gasteiger partial charge on any atom is 0.148 e. The van der Waals surface area contributed by atoms with Crippen LogP contribution in [0.25, 0.3) is 10.8 Å². The van der Waals surface area contributed by atoms with Gasteiger partial charge in [0.2, 0.25) is 0 Å². The number of hydrogen-bond donors (Lipinski definition) is 1. The van der Waals surface area contributed by atoms with E-state index in [9.17, 15) is 0 Å². The summed E-state index contributed by atoms with van der Waals surface area (Å²) in [4.78, 5) is 0. The van der Waals surface area contributed by atoms with Crippen LogP contribution in [0, 0.1) is 12.3 Å². The van der Waals surface area contributed by atoms with E-state index in [2.05, 4.69) is 5.92 Å². The molecule has 0 bridgehead atoms. The standard InChI is InChI=1S/C13H11NO/c1-2-8-15-11-7-6-10-4-3-5-13(14)12(10)9-11/h1,3-7,9H,8,14H2. The van der Waals surface area contributed by atoms with Crippen molar-refractivity contribution >= 4 is 16.5 Å². The number of ether oxygens (including phenoxy) is 1. The van der Waals surface area contributed by atoms with Gasteiger partial charge >= 0.3 is 0 Å².